The smallest absolute Gasteiger partial charge is 0.204 e. The van der Waals surface area contributed by atoms with E-state index in [0.717, 1.165) is 5.56 Å². The number of carbonyl (C=O) groups excluding carboxylic acids is 1. The van der Waals surface area contributed by atoms with Gasteiger partial charge in [-0.2, -0.15) is 0 Å². The van der Waals surface area contributed by atoms with Gasteiger partial charge in [0, 0.05) is 11.6 Å². The lowest BCUT2D eigenvalue weighted by atomic mass is 9.70. The van der Waals surface area contributed by atoms with Crippen molar-refractivity contribution in [1.29, 1.82) is 0 Å². The predicted molar refractivity (Wildman–Crippen MR) is 148 cm³/mol. The van der Waals surface area contributed by atoms with Crippen LogP contribution in [0.4, 0.5) is 0 Å². The van der Waals surface area contributed by atoms with Gasteiger partial charge < -0.3 is 0 Å². The van der Waals surface area contributed by atoms with E-state index in [1.807, 2.05) is 18.2 Å². The highest BCUT2D eigenvalue weighted by Crippen LogP contribution is 2.54. The average molecular weight is 466 g/mol. The molecule has 182 valence electrons. The molecule has 2 nitrogen and oxygen atoms in total. The zero-order chi connectivity index (χ0) is 24.5. The van der Waals surface area contributed by atoms with E-state index in [-0.39, 0.29) is 11.2 Å². The molecule has 0 unspecified atom stereocenters. The van der Waals surface area contributed by atoms with E-state index in [4.69, 9.17) is 0 Å². The predicted octanol–water partition coefficient (Wildman–Crippen LogP) is 9.19. The van der Waals surface area contributed by atoms with Crippen LogP contribution in [-0.4, -0.2) is 10.8 Å². The highest BCUT2D eigenvalue weighted by molar-refractivity contribution is 6.05. The van der Waals surface area contributed by atoms with Gasteiger partial charge in [0.2, 0.25) is 5.78 Å². The first-order valence-corrected chi connectivity index (χ1v) is 13.6. The third kappa shape index (κ3) is 5.64. The topological polar surface area (TPSA) is 30.0 Å². The van der Waals surface area contributed by atoms with Crippen molar-refractivity contribution in [3.8, 4) is 11.1 Å². The summed E-state index contributed by atoms with van der Waals surface area (Å²) in [7, 11) is 0. The number of rotatable bonds is 13. The van der Waals surface area contributed by atoms with Crippen LogP contribution in [0.1, 0.15) is 105 Å². The van der Waals surface area contributed by atoms with Crippen LogP contribution in [0.2, 0.25) is 0 Å². The molecule has 1 aromatic heterocycles. The first-order chi connectivity index (χ1) is 17.2. The highest BCUT2D eigenvalue weighted by Gasteiger charge is 2.41. The first kappa shape index (κ1) is 25.1. The number of benzene rings is 2. The summed E-state index contributed by atoms with van der Waals surface area (Å²) in [6, 6.07) is 21.3. The third-order valence-corrected chi connectivity index (χ3v) is 7.55. The van der Waals surface area contributed by atoms with Gasteiger partial charge >= 0.3 is 0 Å². The summed E-state index contributed by atoms with van der Waals surface area (Å²) in [6.45, 7) is 4.57. The van der Waals surface area contributed by atoms with E-state index < -0.39 is 0 Å². The molecule has 0 aliphatic heterocycles. The summed E-state index contributed by atoms with van der Waals surface area (Å²) in [6.07, 6.45) is 17.9. The number of pyridine rings is 1. The van der Waals surface area contributed by atoms with Crippen molar-refractivity contribution in [2.24, 2.45) is 0 Å². The van der Waals surface area contributed by atoms with Crippen LogP contribution in [0.25, 0.3) is 17.2 Å². The second-order valence-corrected chi connectivity index (χ2v) is 9.97. The SMILES string of the molecule is CCCCCCC1(CCCCCC)c2ccccc2-c2ccc(C=CC(=O)c3ccccn3)cc21. The number of aromatic nitrogens is 1. The van der Waals surface area contributed by atoms with Crippen molar-refractivity contribution in [3.05, 3.63) is 95.3 Å². The van der Waals surface area contributed by atoms with Crippen LogP contribution in [0, 0.1) is 0 Å². The number of unbranched alkanes of at least 4 members (excludes halogenated alkanes) is 6. The monoisotopic (exact) mass is 465 g/mol. The van der Waals surface area contributed by atoms with Crippen molar-refractivity contribution >= 4 is 11.9 Å². The number of hydrogen-bond donors (Lipinski definition) is 0. The van der Waals surface area contributed by atoms with Gasteiger partial charge in [-0.05, 0) is 58.9 Å². The van der Waals surface area contributed by atoms with Crippen molar-refractivity contribution in [2.45, 2.75) is 83.5 Å². The zero-order valence-electron chi connectivity index (χ0n) is 21.4. The van der Waals surface area contributed by atoms with Crippen molar-refractivity contribution < 1.29 is 4.79 Å². The molecule has 4 rings (SSSR count). The van der Waals surface area contributed by atoms with Gasteiger partial charge in [-0.15, -0.1) is 0 Å². The van der Waals surface area contributed by atoms with Gasteiger partial charge in [-0.3, -0.25) is 9.78 Å². The van der Waals surface area contributed by atoms with Crippen LogP contribution < -0.4 is 0 Å². The fourth-order valence-electron chi connectivity index (χ4n) is 5.71. The number of hydrogen-bond acceptors (Lipinski definition) is 2. The Bertz CT molecular complexity index is 1130. The third-order valence-electron chi connectivity index (χ3n) is 7.55. The van der Waals surface area contributed by atoms with E-state index in [1.54, 1.807) is 18.3 Å². The quantitative estimate of drug-likeness (QED) is 0.143. The lowest BCUT2D eigenvalue weighted by molar-refractivity contribution is 0.104. The second kappa shape index (κ2) is 12.1. The fourth-order valence-corrected chi connectivity index (χ4v) is 5.71. The maximum atomic E-state index is 12.6. The van der Waals surface area contributed by atoms with Crippen LogP contribution >= 0.6 is 0 Å². The number of carbonyl (C=O) groups is 1. The lowest BCUT2D eigenvalue weighted by Gasteiger charge is -2.33. The Morgan fingerprint density at radius 3 is 2.14 bits per heavy atom. The zero-order valence-corrected chi connectivity index (χ0v) is 21.4. The molecular weight excluding hydrogens is 426 g/mol. The molecule has 1 aliphatic rings. The molecular formula is C33H39NO. The molecule has 1 aliphatic carbocycles. The molecule has 0 amide bonds. The molecule has 35 heavy (non-hydrogen) atoms. The molecule has 2 aromatic carbocycles. The van der Waals surface area contributed by atoms with Gasteiger partial charge in [0.1, 0.15) is 5.69 Å². The molecule has 0 spiro atoms. The minimum Gasteiger partial charge on any atom is -0.288 e. The van der Waals surface area contributed by atoms with Gasteiger partial charge in [-0.25, -0.2) is 0 Å². The molecule has 0 radical (unpaired) electrons. The van der Waals surface area contributed by atoms with Crippen LogP contribution in [0.3, 0.4) is 0 Å². The molecule has 0 saturated heterocycles. The Labute approximate surface area is 211 Å². The van der Waals surface area contributed by atoms with Gasteiger partial charge in [-0.1, -0.05) is 120 Å². The van der Waals surface area contributed by atoms with E-state index in [2.05, 4.69) is 61.3 Å². The van der Waals surface area contributed by atoms with Crippen molar-refractivity contribution in [3.63, 3.8) is 0 Å². The van der Waals surface area contributed by atoms with E-state index in [0.29, 0.717) is 5.69 Å². The number of nitrogens with zero attached hydrogens (tertiary/aromatic N) is 1. The Morgan fingerprint density at radius 1 is 0.771 bits per heavy atom. The molecule has 0 fully saturated rings. The minimum absolute atomic E-state index is 0.0558. The first-order valence-electron chi connectivity index (χ1n) is 13.6. The summed E-state index contributed by atoms with van der Waals surface area (Å²) in [5, 5.41) is 0. The summed E-state index contributed by atoms with van der Waals surface area (Å²) in [5.74, 6) is -0.0558. The molecule has 0 saturated carbocycles. The Balaban J connectivity index is 1.69. The van der Waals surface area contributed by atoms with E-state index >= 15 is 0 Å². The van der Waals surface area contributed by atoms with Gasteiger partial charge in [0.15, 0.2) is 0 Å². The van der Waals surface area contributed by atoms with Crippen molar-refractivity contribution in [1.82, 2.24) is 4.98 Å². The van der Waals surface area contributed by atoms with Crippen molar-refractivity contribution in [2.75, 3.05) is 0 Å². The average Bonchev–Trinajstić information content (AvgIpc) is 3.17. The highest BCUT2D eigenvalue weighted by atomic mass is 16.1. The lowest BCUT2D eigenvalue weighted by Crippen LogP contribution is -2.25. The normalized spacial score (nSPS) is 13.7. The Hall–Kier alpha value is -3.00. The van der Waals surface area contributed by atoms with E-state index in [1.165, 1.54) is 86.5 Å². The van der Waals surface area contributed by atoms with Crippen LogP contribution in [0.5, 0.6) is 0 Å². The van der Waals surface area contributed by atoms with Crippen LogP contribution in [-0.2, 0) is 5.41 Å². The molecule has 0 atom stereocenters. The largest absolute Gasteiger partial charge is 0.288 e. The van der Waals surface area contributed by atoms with Crippen LogP contribution in [0.15, 0.2) is 72.9 Å². The minimum atomic E-state index is -0.0558. The maximum absolute atomic E-state index is 12.6. The number of ketones is 1. The van der Waals surface area contributed by atoms with E-state index in [9.17, 15) is 4.79 Å². The molecule has 2 heteroatoms. The summed E-state index contributed by atoms with van der Waals surface area (Å²) >= 11 is 0. The maximum Gasteiger partial charge on any atom is 0.204 e. The standard InChI is InChI=1S/C33H39NO/c1-3-5-7-12-22-33(23-13-8-6-4-2)29-16-10-9-15-27(29)28-20-18-26(25-30(28)33)19-21-32(35)31-17-11-14-24-34-31/h9-11,14-21,24-25H,3-8,12-13,22-23H2,1-2H3. The van der Waals surface area contributed by atoms with Gasteiger partial charge in [0.25, 0.3) is 0 Å². The summed E-state index contributed by atoms with van der Waals surface area (Å²) in [4.78, 5) is 16.8. The molecule has 0 N–H and O–H groups in total. The molecule has 0 bridgehead atoms. The number of allylic oxidation sites excluding steroid dienone is 1. The Kier molecular flexibility index (Phi) is 8.69. The summed E-state index contributed by atoms with van der Waals surface area (Å²) in [5.41, 5.74) is 7.38. The van der Waals surface area contributed by atoms with Gasteiger partial charge in [0.05, 0.1) is 0 Å². The number of fused-ring (bicyclic) bond motifs is 3. The molecule has 3 aromatic rings. The summed E-state index contributed by atoms with van der Waals surface area (Å²) < 4.78 is 0. The molecule has 1 heterocycles. The fraction of sp³-hybridized carbons (Fsp3) is 0.394. The second-order valence-electron chi connectivity index (χ2n) is 9.97. The Morgan fingerprint density at radius 2 is 1.46 bits per heavy atom.